The second-order valence-electron chi connectivity index (χ2n) is 5.55. The van der Waals surface area contributed by atoms with Crippen molar-refractivity contribution in [3.8, 4) is 5.75 Å². The molecule has 0 saturated heterocycles. The Morgan fingerprint density at radius 3 is 2.48 bits per heavy atom. The molecule has 4 nitrogen and oxygen atoms in total. The molecule has 0 atom stereocenters. The Kier molecular flexibility index (Phi) is 5.60. The number of carbonyl (C=O) groups excluding carboxylic acids is 1. The van der Waals surface area contributed by atoms with E-state index in [1.165, 1.54) is 18.2 Å². The molecule has 7 heteroatoms. The minimum atomic E-state index is -4.75. The third-order valence-electron chi connectivity index (χ3n) is 2.36. The quantitative estimate of drug-likeness (QED) is 0.877. The van der Waals surface area contributed by atoms with E-state index < -0.39 is 6.36 Å². The molecule has 0 aliphatic heterocycles. The van der Waals surface area contributed by atoms with Crippen molar-refractivity contribution in [2.24, 2.45) is 0 Å². The minimum absolute atomic E-state index is 0.0965. The first kappa shape index (κ1) is 17.3. The minimum Gasteiger partial charge on any atom is -0.406 e. The molecule has 2 N–H and O–H groups in total. The van der Waals surface area contributed by atoms with Crippen molar-refractivity contribution in [1.82, 2.24) is 5.32 Å². The molecule has 1 amide bonds. The van der Waals surface area contributed by atoms with Gasteiger partial charge in [-0.1, -0.05) is 6.07 Å². The van der Waals surface area contributed by atoms with Gasteiger partial charge < -0.3 is 15.4 Å². The van der Waals surface area contributed by atoms with E-state index in [0.29, 0.717) is 6.54 Å². The molecule has 1 rings (SSSR count). The van der Waals surface area contributed by atoms with E-state index in [4.69, 9.17) is 0 Å². The molecule has 0 unspecified atom stereocenters. The van der Waals surface area contributed by atoms with Gasteiger partial charge in [0.15, 0.2) is 0 Å². The maximum atomic E-state index is 12.1. The third kappa shape index (κ3) is 8.19. The van der Waals surface area contributed by atoms with Crippen molar-refractivity contribution in [1.29, 1.82) is 0 Å². The van der Waals surface area contributed by atoms with E-state index in [-0.39, 0.29) is 29.3 Å². The largest absolute Gasteiger partial charge is 0.573 e. The number of rotatable bonds is 5. The molecule has 21 heavy (non-hydrogen) atoms. The molecule has 1 aromatic carbocycles. The fourth-order valence-corrected chi connectivity index (χ4v) is 1.55. The van der Waals surface area contributed by atoms with Gasteiger partial charge in [0, 0.05) is 30.3 Å². The normalized spacial score (nSPS) is 12.1. The number of halogens is 3. The summed E-state index contributed by atoms with van der Waals surface area (Å²) in [5.74, 6) is -0.649. The molecular weight excluding hydrogens is 285 g/mol. The van der Waals surface area contributed by atoms with Crippen LogP contribution in [0.3, 0.4) is 0 Å². The molecule has 0 aromatic heterocycles. The average Bonchev–Trinajstić information content (AvgIpc) is 2.24. The van der Waals surface area contributed by atoms with Gasteiger partial charge in [0.05, 0.1) is 0 Å². The first-order valence-electron chi connectivity index (χ1n) is 6.46. The summed E-state index contributed by atoms with van der Waals surface area (Å²) < 4.78 is 40.1. The van der Waals surface area contributed by atoms with Crippen LogP contribution in [0.25, 0.3) is 0 Å². The summed E-state index contributed by atoms with van der Waals surface area (Å²) in [6.45, 7) is 6.41. The first-order chi connectivity index (χ1) is 9.55. The van der Waals surface area contributed by atoms with Crippen LogP contribution in [0.15, 0.2) is 24.3 Å². The smallest absolute Gasteiger partial charge is 0.406 e. The van der Waals surface area contributed by atoms with Crippen LogP contribution < -0.4 is 15.4 Å². The van der Waals surface area contributed by atoms with Gasteiger partial charge in [0.2, 0.25) is 5.91 Å². The zero-order valence-corrected chi connectivity index (χ0v) is 12.2. The summed E-state index contributed by atoms with van der Waals surface area (Å²) in [6.07, 6.45) is -4.53. The molecule has 0 saturated carbocycles. The number of hydrogen-bond acceptors (Lipinski definition) is 3. The van der Waals surface area contributed by atoms with Crippen LogP contribution in [-0.2, 0) is 4.79 Å². The molecule has 0 aliphatic rings. The van der Waals surface area contributed by atoms with Gasteiger partial charge in [-0.15, -0.1) is 13.2 Å². The zero-order chi connectivity index (χ0) is 16.1. The van der Waals surface area contributed by atoms with Gasteiger partial charge in [-0.05, 0) is 32.9 Å². The molecule has 0 radical (unpaired) electrons. The number of benzene rings is 1. The van der Waals surface area contributed by atoms with Crippen LogP contribution in [-0.4, -0.2) is 24.4 Å². The third-order valence-corrected chi connectivity index (χ3v) is 2.36. The highest BCUT2D eigenvalue weighted by molar-refractivity contribution is 5.91. The number of carbonyl (C=O) groups is 1. The number of nitrogens with one attached hydrogen (secondary N) is 2. The topological polar surface area (TPSA) is 50.4 Å². The fourth-order valence-electron chi connectivity index (χ4n) is 1.55. The van der Waals surface area contributed by atoms with E-state index in [1.54, 1.807) is 0 Å². The molecule has 0 bridgehead atoms. The Morgan fingerprint density at radius 2 is 1.90 bits per heavy atom. The van der Waals surface area contributed by atoms with Crippen molar-refractivity contribution in [3.63, 3.8) is 0 Å². The maximum absolute atomic E-state index is 12.1. The van der Waals surface area contributed by atoms with Crippen LogP contribution in [0, 0.1) is 0 Å². The van der Waals surface area contributed by atoms with Crippen molar-refractivity contribution in [2.45, 2.75) is 39.1 Å². The van der Waals surface area contributed by atoms with Crippen LogP contribution in [0.2, 0.25) is 0 Å². The predicted molar refractivity (Wildman–Crippen MR) is 74.1 cm³/mol. The SMILES string of the molecule is CC(C)(C)NCCC(=O)Nc1cccc(OC(F)(F)F)c1. The number of amides is 1. The molecule has 0 heterocycles. The molecule has 118 valence electrons. The summed E-state index contributed by atoms with van der Waals surface area (Å²) in [5.41, 5.74) is 0.165. The Labute approximate surface area is 121 Å². The predicted octanol–water partition coefficient (Wildman–Crippen LogP) is 3.30. The second kappa shape index (κ2) is 6.80. The van der Waals surface area contributed by atoms with Crippen molar-refractivity contribution in [2.75, 3.05) is 11.9 Å². The van der Waals surface area contributed by atoms with Gasteiger partial charge in [-0.2, -0.15) is 0 Å². The van der Waals surface area contributed by atoms with Crippen LogP contribution >= 0.6 is 0 Å². The Bertz CT molecular complexity index is 482. The van der Waals surface area contributed by atoms with Crippen LogP contribution in [0.4, 0.5) is 18.9 Å². The molecule has 1 aromatic rings. The molecular formula is C14H19F3N2O2. The second-order valence-corrected chi connectivity index (χ2v) is 5.55. The lowest BCUT2D eigenvalue weighted by Crippen LogP contribution is -2.37. The van der Waals surface area contributed by atoms with Gasteiger partial charge in [0.25, 0.3) is 0 Å². The number of ether oxygens (including phenoxy) is 1. The average molecular weight is 304 g/mol. The number of alkyl halides is 3. The lowest BCUT2D eigenvalue weighted by molar-refractivity contribution is -0.274. The Balaban J connectivity index is 2.51. The highest BCUT2D eigenvalue weighted by Crippen LogP contribution is 2.25. The van der Waals surface area contributed by atoms with E-state index >= 15 is 0 Å². The monoisotopic (exact) mass is 304 g/mol. The standard InChI is InChI=1S/C14H19F3N2O2/c1-13(2,3)18-8-7-12(20)19-10-5-4-6-11(9-10)21-14(15,16)17/h4-6,9,18H,7-8H2,1-3H3,(H,19,20). The summed E-state index contributed by atoms with van der Waals surface area (Å²) in [5, 5.41) is 5.67. The fraction of sp³-hybridized carbons (Fsp3) is 0.500. The highest BCUT2D eigenvalue weighted by atomic mass is 19.4. The van der Waals surface area contributed by atoms with Gasteiger partial charge >= 0.3 is 6.36 Å². The summed E-state index contributed by atoms with van der Waals surface area (Å²) in [6, 6.07) is 5.18. The van der Waals surface area contributed by atoms with E-state index in [2.05, 4.69) is 15.4 Å². The van der Waals surface area contributed by atoms with E-state index in [1.807, 2.05) is 20.8 Å². The van der Waals surface area contributed by atoms with Crippen molar-refractivity contribution < 1.29 is 22.7 Å². The summed E-state index contributed by atoms with van der Waals surface area (Å²) in [7, 11) is 0. The highest BCUT2D eigenvalue weighted by Gasteiger charge is 2.31. The lowest BCUT2D eigenvalue weighted by atomic mass is 10.1. The van der Waals surface area contributed by atoms with Gasteiger partial charge in [-0.3, -0.25) is 4.79 Å². The maximum Gasteiger partial charge on any atom is 0.573 e. The van der Waals surface area contributed by atoms with E-state index in [9.17, 15) is 18.0 Å². The lowest BCUT2D eigenvalue weighted by Gasteiger charge is -2.20. The Morgan fingerprint density at radius 1 is 1.24 bits per heavy atom. The Hall–Kier alpha value is -1.76. The van der Waals surface area contributed by atoms with Gasteiger partial charge in [0.1, 0.15) is 5.75 Å². The molecule has 0 aliphatic carbocycles. The number of anilines is 1. The van der Waals surface area contributed by atoms with Crippen LogP contribution in [0.1, 0.15) is 27.2 Å². The summed E-state index contributed by atoms with van der Waals surface area (Å²) >= 11 is 0. The molecule has 0 spiro atoms. The first-order valence-corrected chi connectivity index (χ1v) is 6.46. The number of hydrogen-bond donors (Lipinski definition) is 2. The van der Waals surface area contributed by atoms with Crippen molar-refractivity contribution >= 4 is 11.6 Å². The zero-order valence-electron chi connectivity index (χ0n) is 12.2. The molecule has 0 fully saturated rings. The van der Waals surface area contributed by atoms with Gasteiger partial charge in [-0.25, -0.2) is 0 Å². The van der Waals surface area contributed by atoms with Crippen LogP contribution in [0.5, 0.6) is 5.75 Å². The summed E-state index contributed by atoms with van der Waals surface area (Å²) in [4.78, 5) is 11.7. The van der Waals surface area contributed by atoms with E-state index in [0.717, 1.165) is 6.07 Å². The van der Waals surface area contributed by atoms with Crippen molar-refractivity contribution in [3.05, 3.63) is 24.3 Å².